The van der Waals surface area contributed by atoms with Gasteiger partial charge in [0, 0.05) is 12.8 Å². The van der Waals surface area contributed by atoms with Gasteiger partial charge in [-0.2, -0.15) is 0 Å². The van der Waals surface area contributed by atoms with Crippen LogP contribution in [0.1, 0.15) is 309 Å². The predicted octanol–water partition coefficient (Wildman–Crippen LogP) is 18.0. The first-order chi connectivity index (χ1) is 32.5. The lowest BCUT2D eigenvalue weighted by Gasteiger charge is -2.22. The topological polar surface area (TPSA) is 95.9 Å². The van der Waals surface area contributed by atoms with Crippen LogP contribution in [0.4, 0.5) is 0 Å². The summed E-state index contributed by atoms with van der Waals surface area (Å²) in [5, 5.41) is 23.3. The zero-order valence-electron chi connectivity index (χ0n) is 44.2. The fourth-order valence-electron chi connectivity index (χ4n) is 8.90. The van der Waals surface area contributed by atoms with Crippen molar-refractivity contribution in [2.24, 2.45) is 0 Å². The molecule has 0 radical (unpaired) electrons. The molecule has 6 heteroatoms. The zero-order chi connectivity index (χ0) is 47.9. The van der Waals surface area contributed by atoms with Gasteiger partial charge in [0.1, 0.15) is 0 Å². The molecule has 0 aromatic carbocycles. The van der Waals surface area contributed by atoms with Crippen molar-refractivity contribution in [2.75, 3.05) is 13.2 Å². The molecule has 0 heterocycles. The summed E-state index contributed by atoms with van der Waals surface area (Å²) in [7, 11) is 0. The van der Waals surface area contributed by atoms with Crippen molar-refractivity contribution in [1.82, 2.24) is 5.32 Å². The Morgan fingerprint density at radius 2 is 0.758 bits per heavy atom. The average molecular weight is 929 g/mol. The second-order valence-electron chi connectivity index (χ2n) is 20.0. The lowest BCUT2D eigenvalue weighted by atomic mass is 10.0. The summed E-state index contributed by atoms with van der Waals surface area (Å²) in [6.45, 7) is 4.92. The molecule has 0 spiro atoms. The molecule has 0 saturated carbocycles. The van der Waals surface area contributed by atoms with Crippen LogP contribution in [-0.4, -0.2) is 47.4 Å². The molecule has 0 fully saturated rings. The SMILES string of the molecule is CCCCCC/C=C\C/C=C\CCCCCCCC(=O)OCCCCCCCCCCC/C=C\CCCCCCCC(=O)NC(CO)C(O)CCCCCCCCCCCCCCCCC. The monoisotopic (exact) mass is 928 g/mol. The van der Waals surface area contributed by atoms with Crippen molar-refractivity contribution in [3.8, 4) is 0 Å². The Morgan fingerprint density at radius 1 is 0.424 bits per heavy atom. The van der Waals surface area contributed by atoms with Crippen LogP contribution in [0.2, 0.25) is 0 Å². The number of nitrogens with one attached hydrogen (secondary N) is 1. The van der Waals surface area contributed by atoms with Crippen LogP contribution in [0, 0.1) is 0 Å². The number of carbonyl (C=O) groups is 2. The van der Waals surface area contributed by atoms with Gasteiger partial charge in [-0.05, 0) is 83.5 Å². The first-order valence-electron chi connectivity index (χ1n) is 29.2. The first-order valence-corrected chi connectivity index (χ1v) is 29.2. The van der Waals surface area contributed by atoms with Crippen LogP contribution in [0.3, 0.4) is 0 Å². The molecule has 0 aliphatic heterocycles. The van der Waals surface area contributed by atoms with Crippen LogP contribution >= 0.6 is 0 Å². The van der Waals surface area contributed by atoms with Gasteiger partial charge in [0.05, 0.1) is 25.4 Å². The maximum Gasteiger partial charge on any atom is 0.305 e. The number of ether oxygens (including phenoxy) is 1. The van der Waals surface area contributed by atoms with E-state index in [2.05, 4.69) is 55.6 Å². The summed E-state index contributed by atoms with van der Waals surface area (Å²) in [6, 6.07) is -0.552. The van der Waals surface area contributed by atoms with E-state index in [4.69, 9.17) is 4.74 Å². The number of aliphatic hydroxyl groups is 2. The fourth-order valence-corrected chi connectivity index (χ4v) is 8.90. The van der Waals surface area contributed by atoms with Crippen LogP contribution < -0.4 is 5.32 Å². The maximum absolute atomic E-state index is 12.5. The Hall–Kier alpha value is -1.92. The van der Waals surface area contributed by atoms with Crippen LogP contribution in [0.15, 0.2) is 36.5 Å². The number of allylic oxidation sites excluding steroid dienone is 6. The van der Waals surface area contributed by atoms with E-state index < -0.39 is 12.1 Å². The normalized spacial score (nSPS) is 12.8. The summed E-state index contributed by atoms with van der Waals surface area (Å²) < 4.78 is 5.47. The predicted molar refractivity (Wildman–Crippen MR) is 287 cm³/mol. The molecule has 0 aliphatic rings. The maximum atomic E-state index is 12.5. The minimum Gasteiger partial charge on any atom is -0.466 e. The number of unbranched alkanes of at least 4 members (excludes halogenated alkanes) is 37. The third-order valence-corrected chi connectivity index (χ3v) is 13.4. The Balaban J connectivity index is 3.46. The molecular formula is C60H113NO5. The fraction of sp³-hybridized carbons (Fsp3) is 0.867. The van der Waals surface area contributed by atoms with Gasteiger partial charge in [-0.3, -0.25) is 9.59 Å². The van der Waals surface area contributed by atoms with E-state index in [1.165, 1.54) is 205 Å². The van der Waals surface area contributed by atoms with Gasteiger partial charge < -0.3 is 20.3 Å². The van der Waals surface area contributed by atoms with Gasteiger partial charge in [-0.15, -0.1) is 0 Å². The highest BCUT2D eigenvalue weighted by atomic mass is 16.5. The molecule has 0 saturated heterocycles. The minimum atomic E-state index is -0.673. The summed E-state index contributed by atoms with van der Waals surface area (Å²) in [6.07, 6.45) is 68.4. The van der Waals surface area contributed by atoms with Crippen LogP contribution in [-0.2, 0) is 14.3 Å². The van der Waals surface area contributed by atoms with Crippen molar-refractivity contribution in [3.05, 3.63) is 36.5 Å². The molecule has 0 bridgehead atoms. The lowest BCUT2D eigenvalue weighted by Crippen LogP contribution is -2.45. The second kappa shape index (κ2) is 55.7. The number of rotatable bonds is 54. The quantitative estimate of drug-likeness (QED) is 0.0321. The van der Waals surface area contributed by atoms with E-state index in [9.17, 15) is 19.8 Å². The van der Waals surface area contributed by atoms with Crippen molar-refractivity contribution in [1.29, 1.82) is 0 Å². The number of hydrogen-bond donors (Lipinski definition) is 3. The highest BCUT2D eigenvalue weighted by molar-refractivity contribution is 5.76. The van der Waals surface area contributed by atoms with Crippen molar-refractivity contribution in [3.63, 3.8) is 0 Å². The van der Waals surface area contributed by atoms with Crippen molar-refractivity contribution in [2.45, 2.75) is 321 Å². The highest BCUT2D eigenvalue weighted by Crippen LogP contribution is 2.17. The molecule has 2 unspecified atom stereocenters. The molecule has 0 aliphatic carbocycles. The molecule has 0 rings (SSSR count). The van der Waals surface area contributed by atoms with E-state index in [0.29, 0.717) is 25.9 Å². The molecule has 3 N–H and O–H groups in total. The molecule has 2 atom stereocenters. The van der Waals surface area contributed by atoms with Gasteiger partial charge in [0.25, 0.3) is 0 Å². The second-order valence-corrected chi connectivity index (χ2v) is 20.0. The molecule has 0 aromatic rings. The van der Waals surface area contributed by atoms with E-state index in [1.54, 1.807) is 0 Å². The van der Waals surface area contributed by atoms with Gasteiger partial charge >= 0.3 is 5.97 Å². The van der Waals surface area contributed by atoms with Gasteiger partial charge in [0.2, 0.25) is 5.91 Å². The Kier molecular flexibility index (Phi) is 54.1. The first kappa shape index (κ1) is 64.1. The molecule has 6 nitrogen and oxygen atoms in total. The van der Waals surface area contributed by atoms with Crippen molar-refractivity contribution < 1.29 is 24.5 Å². The Bertz CT molecular complexity index is 1070. The molecule has 388 valence electrons. The van der Waals surface area contributed by atoms with E-state index in [-0.39, 0.29) is 18.5 Å². The lowest BCUT2D eigenvalue weighted by molar-refractivity contribution is -0.143. The third-order valence-electron chi connectivity index (χ3n) is 13.4. The Labute approximate surface area is 411 Å². The van der Waals surface area contributed by atoms with Gasteiger partial charge in [0.15, 0.2) is 0 Å². The smallest absolute Gasteiger partial charge is 0.305 e. The van der Waals surface area contributed by atoms with Gasteiger partial charge in [-0.25, -0.2) is 0 Å². The minimum absolute atomic E-state index is 0.0105. The number of carbonyl (C=O) groups excluding carboxylic acids is 2. The van der Waals surface area contributed by atoms with E-state index >= 15 is 0 Å². The summed E-state index contributed by atoms with van der Waals surface area (Å²) in [4.78, 5) is 24.5. The Morgan fingerprint density at radius 3 is 1.18 bits per heavy atom. The van der Waals surface area contributed by atoms with Gasteiger partial charge in [-0.1, -0.05) is 249 Å². The molecule has 0 aromatic heterocycles. The van der Waals surface area contributed by atoms with E-state index in [0.717, 1.165) is 70.6 Å². The van der Waals surface area contributed by atoms with Crippen LogP contribution in [0.5, 0.6) is 0 Å². The number of aliphatic hydroxyl groups excluding tert-OH is 2. The molecule has 66 heavy (non-hydrogen) atoms. The molecular weight excluding hydrogens is 815 g/mol. The molecule has 1 amide bonds. The highest BCUT2D eigenvalue weighted by Gasteiger charge is 2.20. The standard InChI is InChI=1S/C60H113NO5/c1-3-5-7-9-11-13-15-17-19-26-30-34-38-42-46-50-54-60(65)66-55-51-47-43-39-35-31-27-23-21-20-22-25-29-33-37-41-45-49-53-59(64)61-57(56-62)58(63)52-48-44-40-36-32-28-24-18-16-14-12-10-8-6-4-2/h13,15,19,22,25-26,57-58,62-63H,3-12,14,16-18,20-21,23-24,27-56H2,1-2H3,(H,61,64)/b15-13-,25-22-,26-19-. The average Bonchev–Trinajstić information content (AvgIpc) is 3.32. The summed E-state index contributed by atoms with van der Waals surface area (Å²) >= 11 is 0. The van der Waals surface area contributed by atoms with Crippen molar-refractivity contribution >= 4 is 11.9 Å². The summed E-state index contributed by atoms with van der Waals surface area (Å²) in [5.41, 5.74) is 0. The summed E-state index contributed by atoms with van der Waals surface area (Å²) in [5.74, 6) is -0.0595. The van der Waals surface area contributed by atoms with E-state index in [1.807, 2.05) is 0 Å². The van der Waals surface area contributed by atoms with Crippen LogP contribution in [0.25, 0.3) is 0 Å². The largest absolute Gasteiger partial charge is 0.466 e. The number of esters is 1. The zero-order valence-corrected chi connectivity index (χ0v) is 44.2. The number of amides is 1. The third kappa shape index (κ3) is 51.5. The number of hydrogen-bond acceptors (Lipinski definition) is 5.